The second-order valence-electron chi connectivity index (χ2n) is 6.25. The van der Waals surface area contributed by atoms with E-state index in [1.807, 2.05) is 48.7 Å². The van der Waals surface area contributed by atoms with Crippen molar-refractivity contribution in [2.45, 2.75) is 19.6 Å². The lowest BCUT2D eigenvalue weighted by Gasteiger charge is -2.16. The van der Waals surface area contributed by atoms with Crippen molar-refractivity contribution in [3.8, 4) is 5.75 Å². The number of aliphatic hydroxyl groups is 1. The molecule has 4 rings (SSSR count). The lowest BCUT2D eigenvalue weighted by molar-refractivity contribution is 0.0916. The van der Waals surface area contributed by atoms with Crippen molar-refractivity contribution in [3.63, 3.8) is 0 Å². The van der Waals surface area contributed by atoms with E-state index in [9.17, 15) is 9.90 Å². The molecule has 0 saturated carbocycles. The first-order valence-electron chi connectivity index (χ1n) is 8.46. The van der Waals surface area contributed by atoms with E-state index in [1.165, 1.54) is 4.57 Å². The number of fused-ring (bicyclic) bond motifs is 2. The number of ether oxygens (including phenoxy) is 1. The minimum Gasteiger partial charge on any atom is -0.490 e. The maximum Gasteiger partial charge on any atom is 0.261 e. The fourth-order valence-corrected chi connectivity index (χ4v) is 3.13. The van der Waals surface area contributed by atoms with E-state index in [0.717, 1.165) is 10.9 Å². The molecule has 0 aliphatic rings. The molecule has 0 fully saturated rings. The number of nitrogens with zero attached hydrogens (tertiary/aromatic N) is 2. The molecule has 0 aliphatic heterocycles. The number of hydrogen-bond donors (Lipinski definition) is 2. The fraction of sp³-hybridized carbons (Fsp3) is 0.200. The average molecular weight is 349 g/mol. The molecule has 2 heterocycles. The van der Waals surface area contributed by atoms with Gasteiger partial charge in [0.2, 0.25) is 0 Å². The lowest BCUT2D eigenvalue weighted by atomic mass is 10.2. The summed E-state index contributed by atoms with van der Waals surface area (Å²) in [5, 5.41) is 11.9. The van der Waals surface area contributed by atoms with Crippen molar-refractivity contribution >= 4 is 21.8 Å². The molecule has 0 radical (unpaired) electrons. The molecule has 0 aliphatic carbocycles. The highest BCUT2D eigenvalue weighted by molar-refractivity contribution is 5.85. The van der Waals surface area contributed by atoms with Gasteiger partial charge in [-0.25, -0.2) is 4.98 Å². The van der Waals surface area contributed by atoms with Crippen molar-refractivity contribution in [2.75, 3.05) is 6.61 Å². The van der Waals surface area contributed by atoms with Gasteiger partial charge in [0.1, 0.15) is 24.3 Å². The van der Waals surface area contributed by atoms with Gasteiger partial charge in [-0.15, -0.1) is 0 Å². The molecule has 2 N–H and O–H groups in total. The Balaban J connectivity index is 1.53. The van der Waals surface area contributed by atoms with Crippen LogP contribution in [0.4, 0.5) is 0 Å². The number of aliphatic hydroxyl groups excluding tert-OH is 1. The Morgan fingerprint density at radius 3 is 2.88 bits per heavy atom. The average Bonchev–Trinajstić information content (AvgIpc) is 3.13. The molecule has 6 nitrogen and oxygen atoms in total. The van der Waals surface area contributed by atoms with Gasteiger partial charge in [0.25, 0.3) is 5.56 Å². The van der Waals surface area contributed by atoms with Gasteiger partial charge >= 0.3 is 0 Å². The second kappa shape index (κ2) is 6.65. The zero-order chi connectivity index (χ0) is 18.1. The van der Waals surface area contributed by atoms with Gasteiger partial charge in [-0.1, -0.05) is 18.2 Å². The van der Waals surface area contributed by atoms with Crippen LogP contribution in [0.2, 0.25) is 0 Å². The summed E-state index contributed by atoms with van der Waals surface area (Å²) in [7, 11) is 0. The Morgan fingerprint density at radius 2 is 2.00 bits per heavy atom. The van der Waals surface area contributed by atoms with Crippen LogP contribution in [0.25, 0.3) is 21.8 Å². The zero-order valence-electron chi connectivity index (χ0n) is 14.3. The van der Waals surface area contributed by atoms with Gasteiger partial charge in [-0.3, -0.25) is 9.36 Å². The van der Waals surface area contributed by atoms with E-state index < -0.39 is 6.10 Å². The van der Waals surface area contributed by atoms with Gasteiger partial charge in [0, 0.05) is 17.1 Å². The van der Waals surface area contributed by atoms with Crippen molar-refractivity contribution in [1.82, 2.24) is 14.5 Å². The highest BCUT2D eigenvalue weighted by Crippen LogP contribution is 2.24. The van der Waals surface area contributed by atoms with Gasteiger partial charge in [0.15, 0.2) is 0 Å². The molecule has 1 atom stereocenters. The third-order valence-electron chi connectivity index (χ3n) is 4.43. The molecular formula is C20H19N3O3. The highest BCUT2D eigenvalue weighted by atomic mass is 16.5. The van der Waals surface area contributed by atoms with Crippen LogP contribution in [0.15, 0.2) is 59.5 Å². The number of hydrogen-bond acceptors (Lipinski definition) is 4. The van der Waals surface area contributed by atoms with Crippen LogP contribution < -0.4 is 10.3 Å². The SMILES string of the molecule is Cc1nc2ccccc2c(=O)n1CC(O)COc1cccc2[nH]ccc12. The molecule has 2 aromatic carbocycles. The Hall–Kier alpha value is -3.12. The van der Waals surface area contributed by atoms with E-state index in [0.29, 0.717) is 22.5 Å². The quantitative estimate of drug-likeness (QED) is 0.580. The molecule has 0 bridgehead atoms. The van der Waals surface area contributed by atoms with Crippen molar-refractivity contribution < 1.29 is 9.84 Å². The Bertz CT molecular complexity index is 1130. The monoisotopic (exact) mass is 349 g/mol. The van der Waals surface area contributed by atoms with Crippen LogP contribution in [-0.4, -0.2) is 32.4 Å². The van der Waals surface area contributed by atoms with Gasteiger partial charge in [-0.05, 0) is 37.3 Å². The topological polar surface area (TPSA) is 80.1 Å². The van der Waals surface area contributed by atoms with Gasteiger partial charge in [-0.2, -0.15) is 0 Å². The predicted octanol–water partition coefficient (Wildman–Crippen LogP) is 2.63. The highest BCUT2D eigenvalue weighted by Gasteiger charge is 2.13. The minimum absolute atomic E-state index is 0.0863. The second-order valence-corrected chi connectivity index (χ2v) is 6.25. The number of nitrogens with one attached hydrogen (secondary N) is 1. The number of para-hydroxylation sites is 1. The van der Waals surface area contributed by atoms with Crippen LogP contribution in [0.5, 0.6) is 5.75 Å². The molecule has 4 aromatic rings. The summed E-state index contributed by atoms with van der Waals surface area (Å²) in [6.45, 7) is 1.98. The van der Waals surface area contributed by atoms with E-state index in [1.54, 1.807) is 13.0 Å². The van der Waals surface area contributed by atoms with E-state index in [4.69, 9.17) is 4.74 Å². The maximum absolute atomic E-state index is 12.7. The number of aromatic nitrogens is 3. The largest absolute Gasteiger partial charge is 0.490 e. The van der Waals surface area contributed by atoms with Crippen molar-refractivity contribution in [1.29, 1.82) is 0 Å². The summed E-state index contributed by atoms with van der Waals surface area (Å²) in [5.74, 6) is 1.27. The molecule has 2 aromatic heterocycles. The number of H-pyrrole nitrogens is 1. The zero-order valence-corrected chi connectivity index (χ0v) is 14.3. The van der Waals surface area contributed by atoms with Gasteiger partial charge < -0.3 is 14.8 Å². The first kappa shape index (κ1) is 16.4. The van der Waals surface area contributed by atoms with Gasteiger partial charge in [0.05, 0.1) is 17.4 Å². The van der Waals surface area contributed by atoms with Crippen LogP contribution in [-0.2, 0) is 6.54 Å². The number of rotatable bonds is 5. The fourth-order valence-electron chi connectivity index (χ4n) is 3.13. The summed E-state index contributed by atoms with van der Waals surface area (Å²) in [6, 6.07) is 14.9. The van der Waals surface area contributed by atoms with Crippen LogP contribution in [0.1, 0.15) is 5.82 Å². The Morgan fingerprint density at radius 1 is 1.15 bits per heavy atom. The summed E-state index contributed by atoms with van der Waals surface area (Å²) >= 11 is 0. The van der Waals surface area contributed by atoms with Crippen molar-refractivity contribution in [3.05, 3.63) is 70.9 Å². The standard InChI is InChI=1S/C20H19N3O3/c1-13-22-18-6-3-2-5-16(18)20(25)23(13)11-14(24)12-26-19-8-4-7-17-15(19)9-10-21-17/h2-10,14,21,24H,11-12H2,1H3. The first-order chi connectivity index (χ1) is 12.6. The third kappa shape index (κ3) is 2.95. The summed E-state index contributed by atoms with van der Waals surface area (Å²) < 4.78 is 7.27. The maximum atomic E-state index is 12.7. The summed E-state index contributed by atoms with van der Waals surface area (Å²) in [5.41, 5.74) is 1.48. The Kier molecular flexibility index (Phi) is 4.18. The van der Waals surface area contributed by atoms with E-state index >= 15 is 0 Å². The summed E-state index contributed by atoms with van der Waals surface area (Å²) in [4.78, 5) is 20.2. The number of benzene rings is 2. The third-order valence-corrected chi connectivity index (χ3v) is 4.43. The molecule has 0 saturated heterocycles. The molecule has 6 heteroatoms. The smallest absolute Gasteiger partial charge is 0.261 e. The van der Waals surface area contributed by atoms with Crippen LogP contribution in [0, 0.1) is 6.92 Å². The number of aryl methyl sites for hydroxylation is 1. The van der Waals surface area contributed by atoms with Crippen LogP contribution in [0.3, 0.4) is 0 Å². The molecule has 132 valence electrons. The summed E-state index contributed by atoms with van der Waals surface area (Å²) in [6.07, 6.45) is 1.01. The Labute approximate surface area is 149 Å². The molecule has 1 unspecified atom stereocenters. The van der Waals surface area contributed by atoms with Crippen molar-refractivity contribution in [2.24, 2.45) is 0 Å². The first-order valence-corrected chi connectivity index (χ1v) is 8.46. The minimum atomic E-state index is -0.830. The number of aromatic amines is 1. The van der Waals surface area contributed by atoms with Crippen LogP contribution >= 0.6 is 0 Å². The normalized spacial score (nSPS) is 12.5. The van der Waals surface area contributed by atoms with E-state index in [-0.39, 0.29) is 18.7 Å². The molecule has 0 amide bonds. The predicted molar refractivity (Wildman–Crippen MR) is 101 cm³/mol. The molecular weight excluding hydrogens is 330 g/mol. The molecule has 26 heavy (non-hydrogen) atoms. The van der Waals surface area contributed by atoms with E-state index in [2.05, 4.69) is 9.97 Å². The lowest BCUT2D eigenvalue weighted by Crippen LogP contribution is -2.32. The molecule has 0 spiro atoms.